The van der Waals surface area contributed by atoms with Crippen LogP contribution in [0.4, 0.5) is 0 Å². The van der Waals surface area contributed by atoms with E-state index in [0.717, 1.165) is 0 Å². The van der Waals surface area contributed by atoms with Gasteiger partial charge in [0.1, 0.15) is 6.10 Å². The molecule has 0 spiro atoms. The molecule has 1 saturated heterocycles. The third-order valence-electron chi connectivity index (χ3n) is 6.74. The number of aliphatic hydroxyl groups is 1. The molecule has 2 atom stereocenters. The Balaban J connectivity index is 2.14. The number of benzene rings is 2. The second-order valence-electron chi connectivity index (χ2n) is 9.16. The first-order chi connectivity index (χ1) is 20.3. The average molecular weight is 583 g/mol. The number of methoxy groups -OCH3 is 6. The van der Waals surface area contributed by atoms with Crippen molar-refractivity contribution in [2.75, 3.05) is 42.7 Å². The van der Waals surface area contributed by atoms with Crippen molar-refractivity contribution in [3.8, 4) is 34.5 Å². The van der Waals surface area contributed by atoms with Crippen LogP contribution in [0.15, 0.2) is 36.4 Å². The molecule has 0 amide bonds. The zero-order valence-corrected chi connectivity index (χ0v) is 24.5. The molecule has 224 valence electrons. The predicted octanol–water partition coefficient (Wildman–Crippen LogP) is 2.84. The molecular weight excluding hydrogens is 548 g/mol. The molecule has 1 aliphatic heterocycles. The van der Waals surface area contributed by atoms with Crippen LogP contribution in [0.2, 0.25) is 0 Å². The third kappa shape index (κ3) is 5.81. The van der Waals surface area contributed by atoms with Crippen molar-refractivity contribution in [1.82, 2.24) is 20.2 Å². The van der Waals surface area contributed by atoms with Crippen LogP contribution in [0, 0.1) is 0 Å². The number of rotatable bonds is 11. The molecule has 0 unspecified atom stereocenters. The average Bonchev–Trinajstić information content (AvgIpc) is 3.42. The van der Waals surface area contributed by atoms with Crippen molar-refractivity contribution in [2.24, 2.45) is 7.05 Å². The maximum Gasteiger partial charge on any atom is 0.309 e. The topological polar surface area (TPSA) is 146 Å². The van der Waals surface area contributed by atoms with Crippen molar-refractivity contribution < 1.29 is 43.1 Å². The van der Waals surface area contributed by atoms with E-state index in [2.05, 4.69) is 15.5 Å². The van der Waals surface area contributed by atoms with Crippen molar-refractivity contribution in [1.29, 1.82) is 0 Å². The van der Waals surface area contributed by atoms with Gasteiger partial charge in [-0.15, -0.1) is 5.10 Å². The van der Waals surface area contributed by atoms with Crippen LogP contribution in [-0.4, -0.2) is 86.1 Å². The monoisotopic (exact) mass is 582 g/mol. The van der Waals surface area contributed by atoms with Gasteiger partial charge in [0.2, 0.25) is 11.5 Å². The summed E-state index contributed by atoms with van der Waals surface area (Å²) in [6, 6.07) is 7.13. The van der Waals surface area contributed by atoms with Gasteiger partial charge in [-0.2, -0.15) is 0 Å². The molecule has 0 radical (unpaired) electrons. The molecule has 0 aliphatic carbocycles. The summed E-state index contributed by atoms with van der Waals surface area (Å²) in [7, 11) is 10.8. The van der Waals surface area contributed by atoms with Crippen LogP contribution in [0.5, 0.6) is 34.5 Å². The van der Waals surface area contributed by atoms with E-state index in [9.17, 15) is 9.90 Å². The number of aromatic nitrogens is 4. The SMILES string of the molecule is COc1ccc(C(=C(/C=C/[C@@H]2C[C@@H](O)CC(=O)O2)c2nnnn2C)c2ccc(OC)c(OC)c2OC)c(OC)c1OC. The first kappa shape index (κ1) is 30.2. The summed E-state index contributed by atoms with van der Waals surface area (Å²) in [6.07, 6.45) is 2.10. The lowest BCUT2D eigenvalue weighted by Gasteiger charge is -2.24. The fraction of sp³-hybridized carbons (Fsp3) is 0.379. The summed E-state index contributed by atoms with van der Waals surface area (Å²) in [5.41, 5.74) is 2.21. The van der Waals surface area contributed by atoms with Gasteiger partial charge < -0.3 is 38.3 Å². The second-order valence-corrected chi connectivity index (χ2v) is 9.16. The van der Waals surface area contributed by atoms with Gasteiger partial charge in [-0.25, -0.2) is 4.68 Å². The minimum atomic E-state index is -0.818. The van der Waals surface area contributed by atoms with Gasteiger partial charge in [0.25, 0.3) is 0 Å². The summed E-state index contributed by atoms with van der Waals surface area (Å²) in [6.45, 7) is 0. The highest BCUT2D eigenvalue weighted by molar-refractivity contribution is 6.04. The van der Waals surface area contributed by atoms with Gasteiger partial charge in [-0.1, -0.05) is 6.08 Å². The molecule has 2 aromatic carbocycles. The van der Waals surface area contributed by atoms with Crippen molar-refractivity contribution in [3.63, 3.8) is 0 Å². The van der Waals surface area contributed by atoms with E-state index in [1.54, 1.807) is 31.3 Å². The predicted molar refractivity (Wildman–Crippen MR) is 151 cm³/mol. The molecule has 1 N–H and O–H groups in total. The van der Waals surface area contributed by atoms with Crippen LogP contribution in [0.1, 0.15) is 29.8 Å². The quantitative estimate of drug-likeness (QED) is 0.262. The number of ether oxygens (including phenoxy) is 7. The van der Waals surface area contributed by atoms with Crippen LogP contribution in [0.3, 0.4) is 0 Å². The Morgan fingerprint density at radius 2 is 1.43 bits per heavy atom. The normalized spacial score (nSPS) is 16.5. The molecule has 4 rings (SSSR count). The molecule has 42 heavy (non-hydrogen) atoms. The first-order valence-electron chi connectivity index (χ1n) is 12.9. The summed E-state index contributed by atoms with van der Waals surface area (Å²) in [5, 5.41) is 22.4. The molecule has 0 bridgehead atoms. The zero-order valence-electron chi connectivity index (χ0n) is 24.5. The first-order valence-corrected chi connectivity index (χ1v) is 12.9. The Hall–Kier alpha value is -4.78. The lowest BCUT2D eigenvalue weighted by Crippen LogP contribution is -2.31. The third-order valence-corrected chi connectivity index (χ3v) is 6.74. The fourth-order valence-corrected chi connectivity index (χ4v) is 4.89. The Morgan fingerprint density at radius 3 is 1.86 bits per heavy atom. The largest absolute Gasteiger partial charge is 0.493 e. The highest BCUT2D eigenvalue weighted by Crippen LogP contribution is 2.50. The number of aryl methyl sites for hydroxylation is 1. The molecule has 2 heterocycles. The summed E-state index contributed by atoms with van der Waals surface area (Å²) in [4.78, 5) is 12.1. The van der Waals surface area contributed by atoms with Gasteiger partial charge in [0.15, 0.2) is 28.8 Å². The number of carbonyl (C=O) groups is 1. The van der Waals surface area contributed by atoms with Crippen molar-refractivity contribution in [2.45, 2.75) is 25.0 Å². The van der Waals surface area contributed by atoms with Crippen LogP contribution in [-0.2, 0) is 16.6 Å². The highest BCUT2D eigenvalue weighted by atomic mass is 16.6. The number of esters is 1. The van der Waals surface area contributed by atoms with E-state index in [0.29, 0.717) is 62.6 Å². The number of carbonyl (C=O) groups excluding carboxylic acids is 1. The number of aliphatic hydroxyl groups excluding tert-OH is 1. The van der Waals surface area contributed by atoms with E-state index in [1.807, 2.05) is 12.1 Å². The number of nitrogens with zero attached hydrogens (tertiary/aromatic N) is 4. The van der Waals surface area contributed by atoms with E-state index < -0.39 is 18.2 Å². The second kappa shape index (κ2) is 13.3. The van der Waals surface area contributed by atoms with E-state index >= 15 is 0 Å². The van der Waals surface area contributed by atoms with Crippen molar-refractivity contribution >= 4 is 17.1 Å². The summed E-state index contributed by atoms with van der Waals surface area (Å²) >= 11 is 0. The molecule has 13 nitrogen and oxygen atoms in total. The smallest absolute Gasteiger partial charge is 0.309 e. The molecule has 1 fully saturated rings. The van der Waals surface area contributed by atoms with Gasteiger partial charge in [0, 0.05) is 35.7 Å². The maximum atomic E-state index is 12.1. The van der Waals surface area contributed by atoms with Gasteiger partial charge in [-0.3, -0.25) is 4.79 Å². The zero-order chi connectivity index (χ0) is 30.4. The lowest BCUT2D eigenvalue weighted by molar-refractivity contribution is -0.156. The molecule has 1 aliphatic rings. The summed E-state index contributed by atoms with van der Waals surface area (Å²) in [5.74, 6) is 2.24. The Kier molecular flexibility index (Phi) is 9.53. The number of hydrogen-bond acceptors (Lipinski definition) is 12. The van der Waals surface area contributed by atoms with E-state index in [-0.39, 0.29) is 12.8 Å². The minimum absolute atomic E-state index is 0.0584. The number of allylic oxidation sites excluding steroid dienone is 2. The minimum Gasteiger partial charge on any atom is -0.493 e. The lowest BCUT2D eigenvalue weighted by atomic mass is 9.89. The molecule has 1 aromatic heterocycles. The molecule has 3 aromatic rings. The Bertz CT molecular complexity index is 1430. The van der Waals surface area contributed by atoms with Crippen LogP contribution >= 0.6 is 0 Å². The van der Waals surface area contributed by atoms with Gasteiger partial charge in [0.05, 0.1) is 55.2 Å². The van der Waals surface area contributed by atoms with Crippen molar-refractivity contribution in [3.05, 3.63) is 53.4 Å². The molecule has 0 saturated carbocycles. The standard InChI is InChI=1S/C29H34N4O9/c1-33-29(30-31-32-33)20(9-8-17-14-16(34)15-23(35)42-17)24(18-10-12-21(36-2)27(40-6)25(18)38-4)19-11-13-22(37-3)28(41-7)26(19)39-5/h8-13,16-17,34H,14-15H2,1-7H3/b9-8+/t16-,17-/m1/s1. The van der Waals surface area contributed by atoms with Gasteiger partial charge >= 0.3 is 5.97 Å². The van der Waals surface area contributed by atoms with Crippen LogP contribution in [0.25, 0.3) is 11.1 Å². The Morgan fingerprint density at radius 1 is 0.881 bits per heavy atom. The summed E-state index contributed by atoms with van der Waals surface area (Å²) < 4.78 is 41.2. The van der Waals surface area contributed by atoms with E-state index in [4.69, 9.17) is 33.2 Å². The fourth-order valence-electron chi connectivity index (χ4n) is 4.89. The molecule has 13 heteroatoms. The number of tetrazole rings is 1. The Labute approximate surface area is 243 Å². The number of cyclic esters (lactones) is 1. The number of hydrogen-bond donors (Lipinski definition) is 1. The maximum absolute atomic E-state index is 12.1. The highest BCUT2D eigenvalue weighted by Gasteiger charge is 2.29. The molecular formula is C29H34N4O9. The van der Waals surface area contributed by atoms with Gasteiger partial charge in [-0.05, 0) is 40.8 Å². The van der Waals surface area contributed by atoms with E-state index in [1.165, 1.54) is 47.3 Å². The van der Waals surface area contributed by atoms with Crippen LogP contribution < -0.4 is 28.4 Å².